The molecular weight excluding hydrogens is 174 g/mol. The molecule has 0 atom stereocenters. The molecule has 0 aliphatic rings. The van der Waals surface area contributed by atoms with Gasteiger partial charge in [0.2, 0.25) is 0 Å². The van der Waals surface area contributed by atoms with E-state index in [0.29, 0.717) is 13.1 Å². The molecule has 0 aromatic rings. The molecule has 0 amide bonds. The number of hydrogen-bond donors (Lipinski definition) is 2. The van der Waals surface area contributed by atoms with Gasteiger partial charge in [0.1, 0.15) is 0 Å². The minimum Gasteiger partial charge on any atom is -0.481 e. The van der Waals surface area contributed by atoms with Crippen molar-refractivity contribution in [3.05, 3.63) is 0 Å². The van der Waals surface area contributed by atoms with Crippen LogP contribution in [0.5, 0.6) is 0 Å². The molecule has 5 heteroatoms. The van der Waals surface area contributed by atoms with Crippen molar-refractivity contribution in [1.29, 1.82) is 0 Å². The van der Waals surface area contributed by atoms with Crippen LogP contribution >= 0.6 is 0 Å². The van der Waals surface area contributed by atoms with E-state index >= 15 is 0 Å². The zero-order chi connectivity index (χ0) is 10.3. The van der Waals surface area contributed by atoms with E-state index in [9.17, 15) is 9.59 Å². The number of aliphatic carboxylic acids is 2. The van der Waals surface area contributed by atoms with Crippen molar-refractivity contribution in [1.82, 2.24) is 4.90 Å². The molecule has 0 bridgehead atoms. The largest absolute Gasteiger partial charge is 0.481 e. The Bertz CT molecular complexity index is 181. The predicted molar refractivity (Wildman–Crippen MR) is 46.6 cm³/mol. The molecule has 2 N–H and O–H groups in total. The third kappa shape index (κ3) is 7.27. The highest BCUT2D eigenvalue weighted by molar-refractivity contribution is 5.69. The molecule has 0 heterocycles. The summed E-state index contributed by atoms with van der Waals surface area (Å²) in [6.45, 7) is 2.77. The van der Waals surface area contributed by atoms with Gasteiger partial charge in [-0.05, 0) is 13.0 Å². The zero-order valence-corrected chi connectivity index (χ0v) is 7.69. The molecular formula is C8H15NO4. The van der Waals surface area contributed by atoms with E-state index < -0.39 is 11.9 Å². The highest BCUT2D eigenvalue weighted by Gasteiger charge is 2.09. The lowest BCUT2D eigenvalue weighted by Gasteiger charge is -2.17. The minimum atomic E-state index is -0.918. The molecule has 0 saturated heterocycles. The normalized spacial score (nSPS) is 10.3. The van der Waals surface area contributed by atoms with Crippen LogP contribution in [0.15, 0.2) is 0 Å². The third-order valence-electron chi connectivity index (χ3n) is 1.54. The molecule has 0 radical (unpaired) electrons. The van der Waals surface area contributed by atoms with E-state index in [2.05, 4.69) is 0 Å². The molecule has 0 fully saturated rings. The molecule has 0 aliphatic heterocycles. The number of rotatable bonds is 7. The maximum Gasteiger partial charge on any atom is 0.317 e. The molecule has 0 aromatic heterocycles. The molecule has 5 nitrogen and oxygen atoms in total. The van der Waals surface area contributed by atoms with Crippen molar-refractivity contribution < 1.29 is 19.8 Å². The lowest BCUT2D eigenvalue weighted by molar-refractivity contribution is -0.141. The Morgan fingerprint density at radius 3 is 2.15 bits per heavy atom. The van der Waals surface area contributed by atoms with Crippen LogP contribution in [0.2, 0.25) is 0 Å². The van der Waals surface area contributed by atoms with Gasteiger partial charge in [0.25, 0.3) is 0 Å². The quantitative estimate of drug-likeness (QED) is 0.600. The third-order valence-corrected chi connectivity index (χ3v) is 1.54. The van der Waals surface area contributed by atoms with Crippen LogP contribution in [0, 0.1) is 0 Å². The maximum absolute atomic E-state index is 10.3. The fraction of sp³-hybridized carbons (Fsp3) is 0.750. The summed E-state index contributed by atoms with van der Waals surface area (Å²) in [5, 5.41) is 16.9. The smallest absolute Gasteiger partial charge is 0.317 e. The van der Waals surface area contributed by atoms with E-state index in [-0.39, 0.29) is 13.0 Å². The molecule has 0 spiro atoms. The second kappa shape index (κ2) is 6.42. The summed E-state index contributed by atoms with van der Waals surface area (Å²) in [7, 11) is 0. The predicted octanol–water partition coefficient (Wildman–Crippen LogP) is 0.258. The summed E-state index contributed by atoms with van der Waals surface area (Å²) < 4.78 is 0. The number of carboxylic acids is 2. The Labute approximate surface area is 77.0 Å². The van der Waals surface area contributed by atoms with Gasteiger partial charge in [0.15, 0.2) is 0 Å². The lowest BCUT2D eigenvalue weighted by atomic mass is 10.3. The average Bonchev–Trinajstić information content (AvgIpc) is 1.99. The Hall–Kier alpha value is -1.10. The second-order valence-electron chi connectivity index (χ2n) is 2.81. The molecule has 0 aromatic carbocycles. The van der Waals surface area contributed by atoms with Crippen molar-refractivity contribution in [3.63, 3.8) is 0 Å². The van der Waals surface area contributed by atoms with Gasteiger partial charge in [-0.25, -0.2) is 0 Å². The Balaban J connectivity index is 3.79. The monoisotopic (exact) mass is 189 g/mol. The first-order valence-electron chi connectivity index (χ1n) is 4.22. The van der Waals surface area contributed by atoms with Gasteiger partial charge >= 0.3 is 11.9 Å². The minimum absolute atomic E-state index is 0.00667. The zero-order valence-electron chi connectivity index (χ0n) is 7.69. The summed E-state index contributed by atoms with van der Waals surface area (Å²) in [4.78, 5) is 22.2. The van der Waals surface area contributed by atoms with Crippen LogP contribution in [-0.2, 0) is 9.59 Å². The van der Waals surface area contributed by atoms with Gasteiger partial charge in [-0.1, -0.05) is 6.92 Å². The fourth-order valence-electron chi connectivity index (χ4n) is 1.03. The van der Waals surface area contributed by atoms with Gasteiger partial charge in [-0.3, -0.25) is 14.5 Å². The SMILES string of the molecule is CCCN(CCC(=O)O)CC(=O)O. The van der Waals surface area contributed by atoms with Gasteiger partial charge in [0, 0.05) is 6.54 Å². The van der Waals surface area contributed by atoms with E-state index in [4.69, 9.17) is 10.2 Å². The maximum atomic E-state index is 10.3. The van der Waals surface area contributed by atoms with Crippen molar-refractivity contribution in [2.75, 3.05) is 19.6 Å². The van der Waals surface area contributed by atoms with Crippen LogP contribution in [0.3, 0.4) is 0 Å². The number of carboxylic acid groups (broad SMARTS) is 2. The molecule has 0 unspecified atom stereocenters. The van der Waals surface area contributed by atoms with Crippen molar-refractivity contribution >= 4 is 11.9 Å². The van der Waals surface area contributed by atoms with Gasteiger partial charge in [-0.2, -0.15) is 0 Å². The molecule has 13 heavy (non-hydrogen) atoms. The van der Waals surface area contributed by atoms with E-state index in [1.807, 2.05) is 6.92 Å². The number of carbonyl (C=O) groups is 2. The molecule has 0 rings (SSSR count). The molecule has 0 aliphatic carbocycles. The summed E-state index contributed by atoms with van der Waals surface area (Å²) in [5.74, 6) is -1.81. The average molecular weight is 189 g/mol. The van der Waals surface area contributed by atoms with Crippen molar-refractivity contribution in [2.24, 2.45) is 0 Å². The molecule has 76 valence electrons. The first-order chi connectivity index (χ1) is 6.06. The fourth-order valence-corrected chi connectivity index (χ4v) is 1.03. The Morgan fingerprint density at radius 2 is 1.77 bits per heavy atom. The Kier molecular flexibility index (Phi) is 5.88. The van der Waals surface area contributed by atoms with E-state index in [0.717, 1.165) is 6.42 Å². The second-order valence-corrected chi connectivity index (χ2v) is 2.81. The van der Waals surface area contributed by atoms with E-state index in [1.165, 1.54) is 0 Å². The van der Waals surface area contributed by atoms with Crippen molar-refractivity contribution in [2.45, 2.75) is 19.8 Å². The summed E-state index contributed by atoms with van der Waals surface area (Å²) >= 11 is 0. The van der Waals surface area contributed by atoms with Crippen LogP contribution in [0.1, 0.15) is 19.8 Å². The highest BCUT2D eigenvalue weighted by Crippen LogP contribution is 1.93. The van der Waals surface area contributed by atoms with Gasteiger partial charge < -0.3 is 10.2 Å². The van der Waals surface area contributed by atoms with Crippen LogP contribution in [-0.4, -0.2) is 46.7 Å². The highest BCUT2D eigenvalue weighted by atomic mass is 16.4. The number of hydrogen-bond acceptors (Lipinski definition) is 3. The Morgan fingerprint density at radius 1 is 1.15 bits per heavy atom. The van der Waals surface area contributed by atoms with Crippen molar-refractivity contribution in [3.8, 4) is 0 Å². The van der Waals surface area contributed by atoms with E-state index in [1.54, 1.807) is 4.90 Å². The summed E-state index contributed by atoms with van der Waals surface area (Å²) in [6.07, 6.45) is 0.820. The van der Waals surface area contributed by atoms with Crippen LogP contribution in [0.4, 0.5) is 0 Å². The summed E-state index contributed by atoms with van der Waals surface area (Å²) in [5.41, 5.74) is 0. The lowest BCUT2D eigenvalue weighted by Crippen LogP contribution is -2.32. The topological polar surface area (TPSA) is 77.8 Å². The summed E-state index contributed by atoms with van der Waals surface area (Å²) in [6, 6.07) is 0. The van der Waals surface area contributed by atoms with Gasteiger partial charge in [-0.15, -0.1) is 0 Å². The standard InChI is InChI=1S/C8H15NO4/c1-2-4-9(6-8(12)13)5-3-7(10)11/h2-6H2,1H3,(H,10,11)(H,12,13). The van der Waals surface area contributed by atoms with Crippen LogP contribution < -0.4 is 0 Å². The molecule has 0 saturated carbocycles. The first kappa shape index (κ1) is 11.9. The first-order valence-corrected chi connectivity index (χ1v) is 4.22. The van der Waals surface area contributed by atoms with Gasteiger partial charge in [0.05, 0.1) is 13.0 Å². The number of nitrogens with zero attached hydrogens (tertiary/aromatic N) is 1. The van der Waals surface area contributed by atoms with Crippen LogP contribution in [0.25, 0.3) is 0 Å².